The van der Waals surface area contributed by atoms with E-state index in [4.69, 9.17) is 11.6 Å². The fraction of sp³-hybridized carbons (Fsp3) is 0.0833. The summed E-state index contributed by atoms with van der Waals surface area (Å²) in [4.78, 5) is 12.9. The van der Waals surface area contributed by atoms with E-state index in [0.717, 1.165) is 16.8 Å². The maximum Gasteiger partial charge on any atom is 0.269 e. The molecular weight excluding hydrogens is 414 g/mol. The quantitative estimate of drug-likeness (QED) is 0.335. The van der Waals surface area contributed by atoms with Crippen LogP contribution in [0.4, 0.5) is 11.4 Å². The van der Waals surface area contributed by atoms with Crippen molar-refractivity contribution in [1.29, 1.82) is 5.26 Å². The van der Waals surface area contributed by atoms with Crippen LogP contribution in [0.25, 0.3) is 0 Å². The van der Waals surface area contributed by atoms with Gasteiger partial charge >= 0.3 is 0 Å². The SMILES string of the molecule is Cc1ccccc1NC(=O)C(C#N)=C(Nc1ccccc1)SCc1ccccc1Cl. The molecule has 0 radical (unpaired) electrons. The van der Waals surface area contributed by atoms with E-state index in [1.54, 1.807) is 0 Å². The van der Waals surface area contributed by atoms with Gasteiger partial charge in [0.25, 0.3) is 5.91 Å². The molecule has 2 N–H and O–H groups in total. The maximum atomic E-state index is 12.9. The molecule has 0 atom stereocenters. The molecule has 3 aromatic rings. The lowest BCUT2D eigenvalue weighted by molar-refractivity contribution is -0.112. The highest BCUT2D eigenvalue weighted by molar-refractivity contribution is 8.02. The molecule has 0 aliphatic carbocycles. The second-order valence-electron chi connectivity index (χ2n) is 6.46. The minimum atomic E-state index is -0.461. The van der Waals surface area contributed by atoms with Gasteiger partial charge in [0.2, 0.25) is 0 Å². The number of halogens is 1. The number of nitriles is 1. The lowest BCUT2D eigenvalue weighted by Crippen LogP contribution is -2.17. The summed E-state index contributed by atoms with van der Waals surface area (Å²) >= 11 is 7.63. The summed E-state index contributed by atoms with van der Waals surface area (Å²) in [6, 6.07) is 26.5. The number of carbonyl (C=O) groups excluding carboxylic acids is 1. The van der Waals surface area contributed by atoms with E-state index in [1.165, 1.54) is 11.8 Å². The van der Waals surface area contributed by atoms with Crippen LogP contribution in [-0.2, 0) is 10.5 Å². The zero-order valence-electron chi connectivity index (χ0n) is 16.4. The molecule has 0 aromatic heterocycles. The Hall–Kier alpha value is -3.20. The summed E-state index contributed by atoms with van der Waals surface area (Å²) in [7, 11) is 0. The molecule has 150 valence electrons. The third kappa shape index (κ3) is 5.66. The number of aryl methyl sites for hydroxylation is 1. The van der Waals surface area contributed by atoms with Gasteiger partial charge in [-0.25, -0.2) is 0 Å². The fourth-order valence-corrected chi connectivity index (χ4v) is 4.00. The number of hydrogen-bond donors (Lipinski definition) is 2. The molecule has 0 saturated carbocycles. The number of benzene rings is 3. The van der Waals surface area contributed by atoms with Crippen LogP contribution < -0.4 is 10.6 Å². The first-order valence-electron chi connectivity index (χ1n) is 9.28. The van der Waals surface area contributed by atoms with Crippen molar-refractivity contribution >= 4 is 40.6 Å². The molecule has 1 amide bonds. The molecule has 4 nitrogen and oxygen atoms in total. The highest BCUT2D eigenvalue weighted by Gasteiger charge is 2.18. The van der Waals surface area contributed by atoms with E-state index in [0.29, 0.717) is 21.5 Å². The predicted molar refractivity (Wildman–Crippen MR) is 125 cm³/mol. The van der Waals surface area contributed by atoms with Crippen LogP contribution in [0, 0.1) is 18.3 Å². The third-order valence-electron chi connectivity index (χ3n) is 4.32. The molecule has 0 bridgehead atoms. The van der Waals surface area contributed by atoms with E-state index in [2.05, 4.69) is 16.7 Å². The first-order chi connectivity index (χ1) is 14.6. The maximum absolute atomic E-state index is 12.9. The molecule has 3 rings (SSSR count). The highest BCUT2D eigenvalue weighted by Crippen LogP contribution is 2.29. The minimum Gasteiger partial charge on any atom is -0.349 e. The summed E-state index contributed by atoms with van der Waals surface area (Å²) in [5, 5.41) is 17.0. The zero-order chi connectivity index (χ0) is 21.3. The zero-order valence-corrected chi connectivity index (χ0v) is 17.9. The smallest absolute Gasteiger partial charge is 0.269 e. The number of nitrogens with one attached hydrogen (secondary N) is 2. The van der Waals surface area contributed by atoms with Gasteiger partial charge in [-0.1, -0.05) is 66.2 Å². The Morgan fingerprint density at radius 2 is 1.63 bits per heavy atom. The molecule has 30 heavy (non-hydrogen) atoms. The number of anilines is 2. The number of hydrogen-bond acceptors (Lipinski definition) is 4. The molecule has 0 spiro atoms. The monoisotopic (exact) mass is 433 g/mol. The van der Waals surface area contributed by atoms with Crippen molar-refractivity contribution in [2.75, 3.05) is 10.6 Å². The number of thioether (sulfide) groups is 1. The Kier molecular flexibility index (Phi) is 7.56. The average Bonchev–Trinajstić information content (AvgIpc) is 2.76. The summed E-state index contributed by atoms with van der Waals surface area (Å²) in [5.41, 5.74) is 3.32. The largest absolute Gasteiger partial charge is 0.349 e. The average molecular weight is 434 g/mol. The Labute approximate surface area is 185 Å². The van der Waals surface area contributed by atoms with Crippen molar-refractivity contribution in [2.24, 2.45) is 0 Å². The van der Waals surface area contributed by atoms with Crippen molar-refractivity contribution in [3.05, 3.63) is 106 Å². The van der Waals surface area contributed by atoms with Crippen molar-refractivity contribution in [3.63, 3.8) is 0 Å². The molecule has 6 heteroatoms. The van der Waals surface area contributed by atoms with Gasteiger partial charge in [0.1, 0.15) is 11.6 Å². The molecular formula is C24H20ClN3OS. The molecule has 0 fully saturated rings. The molecule has 0 heterocycles. The van der Waals surface area contributed by atoms with Crippen LogP contribution in [-0.4, -0.2) is 5.91 Å². The molecule has 0 unspecified atom stereocenters. The van der Waals surface area contributed by atoms with Crippen molar-refractivity contribution in [2.45, 2.75) is 12.7 Å². The van der Waals surface area contributed by atoms with Gasteiger partial charge in [0.05, 0.1) is 5.03 Å². The molecule has 0 saturated heterocycles. The first-order valence-corrected chi connectivity index (χ1v) is 10.6. The summed E-state index contributed by atoms with van der Waals surface area (Å²) < 4.78 is 0. The topological polar surface area (TPSA) is 64.9 Å². The van der Waals surface area contributed by atoms with Crippen LogP contribution in [0.2, 0.25) is 5.02 Å². The van der Waals surface area contributed by atoms with Gasteiger partial charge in [-0.05, 0) is 42.3 Å². The Morgan fingerprint density at radius 1 is 0.967 bits per heavy atom. The van der Waals surface area contributed by atoms with Gasteiger partial charge in [-0.2, -0.15) is 5.26 Å². The normalized spacial score (nSPS) is 11.2. The lowest BCUT2D eigenvalue weighted by atomic mass is 10.2. The van der Waals surface area contributed by atoms with Crippen LogP contribution >= 0.6 is 23.4 Å². The van der Waals surface area contributed by atoms with Gasteiger partial charge in [0, 0.05) is 22.2 Å². The van der Waals surface area contributed by atoms with Gasteiger partial charge < -0.3 is 10.6 Å². The highest BCUT2D eigenvalue weighted by atomic mass is 35.5. The number of amides is 1. The van der Waals surface area contributed by atoms with E-state index in [1.807, 2.05) is 85.8 Å². The van der Waals surface area contributed by atoms with Crippen LogP contribution in [0.5, 0.6) is 0 Å². The molecule has 3 aromatic carbocycles. The minimum absolute atomic E-state index is 0.0131. The predicted octanol–water partition coefficient (Wildman–Crippen LogP) is 6.37. The van der Waals surface area contributed by atoms with E-state index < -0.39 is 5.91 Å². The van der Waals surface area contributed by atoms with Crippen molar-refractivity contribution in [1.82, 2.24) is 0 Å². The first kappa shape index (κ1) is 21.5. The number of rotatable bonds is 7. The van der Waals surface area contributed by atoms with Crippen LogP contribution in [0.3, 0.4) is 0 Å². The third-order valence-corrected chi connectivity index (χ3v) is 5.74. The summed E-state index contributed by atoms with van der Waals surface area (Å²) in [6.45, 7) is 1.90. The lowest BCUT2D eigenvalue weighted by Gasteiger charge is -2.14. The number of carbonyl (C=O) groups is 1. The van der Waals surface area contributed by atoms with Gasteiger partial charge in [0.15, 0.2) is 0 Å². The second kappa shape index (κ2) is 10.5. The fourth-order valence-electron chi connectivity index (χ4n) is 2.69. The van der Waals surface area contributed by atoms with Gasteiger partial charge in [-0.15, -0.1) is 11.8 Å². The Bertz CT molecular complexity index is 1110. The number of nitrogens with zero attached hydrogens (tertiary/aromatic N) is 1. The van der Waals surface area contributed by atoms with Gasteiger partial charge in [-0.3, -0.25) is 4.79 Å². The Morgan fingerprint density at radius 3 is 2.33 bits per heavy atom. The Balaban J connectivity index is 1.91. The summed E-state index contributed by atoms with van der Waals surface area (Å²) in [6.07, 6.45) is 0. The van der Waals surface area contributed by atoms with Crippen molar-refractivity contribution in [3.8, 4) is 6.07 Å². The summed E-state index contributed by atoms with van der Waals surface area (Å²) in [5.74, 6) is 0.0504. The second-order valence-corrected chi connectivity index (χ2v) is 7.85. The number of para-hydroxylation sites is 2. The van der Waals surface area contributed by atoms with E-state index in [-0.39, 0.29) is 5.57 Å². The van der Waals surface area contributed by atoms with Crippen LogP contribution in [0.1, 0.15) is 11.1 Å². The van der Waals surface area contributed by atoms with E-state index in [9.17, 15) is 10.1 Å². The standard InChI is InChI=1S/C24H20ClN3OS/c1-17-9-5-8-14-22(17)28-23(29)20(15-26)24(27-19-11-3-2-4-12-19)30-16-18-10-6-7-13-21(18)25/h2-14,27H,16H2,1H3,(H,28,29). The van der Waals surface area contributed by atoms with Crippen molar-refractivity contribution < 1.29 is 4.79 Å². The molecule has 0 aliphatic rings. The van der Waals surface area contributed by atoms with Crippen LogP contribution in [0.15, 0.2) is 89.5 Å². The van der Waals surface area contributed by atoms with E-state index >= 15 is 0 Å². The molecule has 0 aliphatic heterocycles.